The van der Waals surface area contributed by atoms with Crippen LogP contribution in [0.1, 0.15) is 30.1 Å². The van der Waals surface area contributed by atoms with Crippen molar-refractivity contribution in [3.05, 3.63) is 22.3 Å². The van der Waals surface area contributed by atoms with E-state index in [1.165, 1.54) is 0 Å². The Kier molecular flexibility index (Phi) is 4.42. The fraction of sp³-hybridized carbons (Fsp3) is 0.538. The largest absolute Gasteiger partial charge is 0.478 e. The van der Waals surface area contributed by atoms with E-state index in [2.05, 4.69) is 33.2 Å². The van der Waals surface area contributed by atoms with E-state index in [1.807, 2.05) is 0 Å². The van der Waals surface area contributed by atoms with Crippen LogP contribution in [0.5, 0.6) is 0 Å². The molecule has 104 valence electrons. The van der Waals surface area contributed by atoms with E-state index >= 15 is 0 Å². The van der Waals surface area contributed by atoms with Gasteiger partial charge in [-0.25, -0.2) is 9.78 Å². The van der Waals surface area contributed by atoms with Crippen LogP contribution in [0, 0.1) is 5.41 Å². The topological polar surface area (TPSA) is 71.5 Å². The number of nitrogens with zero attached hydrogens (tertiary/aromatic N) is 1. The van der Waals surface area contributed by atoms with E-state index in [0.29, 0.717) is 16.8 Å². The van der Waals surface area contributed by atoms with Gasteiger partial charge in [0.2, 0.25) is 0 Å². The predicted molar refractivity (Wildman–Crippen MR) is 75.5 cm³/mol. The summed E-state index contributed by atoms with van der Waals surface area (Å²) in [4.78, 5) is 15.3. The molecular formula is C13H17BrN2O3. The minimum Gasteiger partial charge on any atom is -0.478 e. The molecule has 0 aromatic carbocycles. The van der Waals surface area contributed by atoms with Gasteiger partial charge in [0.25, 0.3) is 0 Å². The lowest BCUT2D eigenvalue weighted by molar-refractivity contribution is 0.0299. The summed E-state index contributed by atoms with van der Waals surface area (Å²) in [6.45, 7) is 4.41. The van der Waals surface area contributed by atoms with Crippen molar-refractivity contribution >= 4 is 27.7 Å². The van der Waals surface area contributed by atoms with Gasteiger partial charge in [-0.15, -0.1) is 0 Å². The zero-order valence-electron chi connectivity index (χ0n) is 10.8. The second-order valence-electron chi connectivity index (χ2n) is 5.13. The highest BCUT2D eigenvalue weighted by atomic mass is 79.9. The molecule has 1 fully saturated rings. The number of anilines is 1. The lowest BCUT2D eigenvalue weighted by atomic mass is 9.82. The van der Waals surface area contributed by atoms with Gasteiger partial charge < -0.3 is 15.2 Å². The molecule has 2 heterocycles. The SMILES string of the molecule is CC1(CNc2ncc(Br)cc2C(=O)O)CCOCC1. The van der Waals surface area contributed by atoms with Crippen molar-refractivity contribution in [1.82, 2.24) is 4.98 Å². The highest BCUT2D eigenvalue weighted by Crippen LogP contribution is 2.30. The van der Waals surface area contributed by atoms with Gasteiger partial charge in [0.15, 0.2) is 0 Å². The number of hydrogen-bond donors (Lipinski definition) is 2. The molecule has 1 aromatic rings. The second-order valence-corrected chi connectivity index (χ2v) is 6.05. The monoisotopic (exact) mass is 328 g/mol. The maximum absolute atomic E-state index is 11.2. The first-order valence-corrected chi connectivity index (χ1v) is 7.00. The van der Waals surface area contributed by atoms with Crippen LogP contribution >= 0.6 is 15.9 Å². The van der Waals surface area contributed by atoms with Crippen LogP contribution in [0.25, 0.3) is 0 Å². The zero-order valence-corrected chi connectivity index (χ0v) is 12.4. The second kappa shape index (κ2) is 5.88. The number of aromatic nitrogens is 1. The summed E-state index contributed by atoms with van der Waals surface area (Å²) < 4.78 is 6.01. The van der Waals surface area contributed by atoms with E-state index in [0.717, 1.165) is 26.1 Å². The Morgan fingerprint density at radius 3 is 2.89 bits per heavy atom. The van der Waals surface area contributed by atoms with Crippen LogP contribution in [-0.2, 0) is 4.74 Å². The molecular weight excluding hydrogens is 312 g/mol. The predicted octanol–water partition coefficient (Wildman–Crippen LogP) is 2.77. The highest BCUT2D eigenvalue weighted by molar-refractivity contribution is 9.10. The van der Waals surface area contributed by atoms with Crippen LogP contribution in [-0.4, -0.2) is 35.8 Å². The third-order valence-electron chi connectivity index (χ3n) is 3.47. The average molecular weight is 329 g/mol. The van der Waals surface area contributed by atoms with Crippen molar-refractivity contribution in [1.29, 1.82) is 0 Å². The summed E-state index contributed by atoms with van der Waals surface area (Å²) in [6.07, 6.45) is 3.54. The molecule has 2 rings (SSSR count). The molecule has 1 aromatic heterocycles. The quantitative estimate of drug-likeness (QED) is 0.889. The van der Waals surface area contributed by atoms with Crippen LogP contribution in [0.2, 0.25) is 0 Å². The summed E-state index contributed by atoms with van der Waals surface area (Å²) in [7, 11) is 0. The number of ether oxygens (including phenoxy) is 1. The summed E-state index contributed by atoms with van der Waals surface area (Å²) in [5.41, 5.74) is 0.313. The third kappa shape index (κ3) is 3.67. The van der Waals surface area contributed by atoms with Crippen LogP contribution in [0.4, 0.5) is 5.82 Å². The molecule has 0 atom stereocenters. The first kappa shape index (κ1) is 14.3. The maximum atomic E-state index is 11.2. The molecule has 5 nitrogen and oxygen atoms in total. The van der Waals surface area contributed by atoms with E-state index < -0.39 is 5.97 Å². The molecule has 0 amide bonds. The normalized spacial score (nSPS) is 18.0. The molecule has 1 aliphatic rings. The Morgan fingerprint density at radius 1 is 1.58 bits per heavy atom. The van der Waals surface area contributed by atoms with Gasteiger partial charge in [-0.05, 0) is 40.3 Å². The zero-order chi connectivity index (χ0) is 13.9. The standard InChI is InChI=1S/C13H17BrN2O3/c1-13(2-4-19-5-3-13)8-16-11-10(12(17)18)6-9(14)7-15-11/h6-7H,2-5,8H2,1H3,(H,15,16)(H,17,18). The molecule has 0 radical (unpaired) electrons. The van der Waals surface area contributed by atoms with E-state index in [1.54, 1.807) is 12.3 Å². The van der Waals surface area contributed by atoms with Gasteiger partial charge in [-0.2, -0.15) is 0 Å². The molecule has 0 aliphatic carbocycles. The Hall–Kier alpha value is -1.14. The van der Waals surface area contributed by atoms with Crippen molar-refractivity contribution in [2.75, 3.05) is 25.1 Å². The third-order valence-corrected chi connectivity index (χ3v) is 3.90. The van der Waals surface area contributed by atoms with E-state index in [4.69, 9.17) is 4.74 Å². The van der Waals surface area contributed by atoms with E-state index in [9.17, 15) is 9.90 Å². The Bertz CT molecular complexity index is 473. The minimum absolute atomic E-state index is 0.128. The molecule has 0 unspecified atom stereocenters. The van der Waals surface area contributed by atoms with Gasteiger partial charge in [0.05, 0.1) is 0 Å². The van der Waals surface area contributed by atoms with Crippen LogP contribution in [0.3, 0.4) is 0 Å². The first-order chi connectivity index (χ1) is 9.00. The molecule has 2 N–H and O–H groups in total. The lowest BCUT2D eigenvalue weighted by Gasteiger charge is -2.33. The lowest BCUT2D eigenvalue weighted by Crippen LogP contribution is -2.33. The Balaban J connectivity index is 2.08. The maximum Gasteiger partial charge on any atom is 0.339 e. The first-order valence-electron chi connectivity index (χ1n) is 6.21. The highest BCUT2D eigenvalue weighted by Gasteiger charge is 2.27. The van der Waals surface area contributed by atoms with Gasteiger partial charge in [-0.3, -0.25) is 0 Å². The fourth-order valence-electron chi connectivity index (χ4n) is 2.08. The van der Waals surface area contributed by atoms with Crippen LogP contribution in [0.15, 0.2) is 16.7 Å². The van der Waals surface area contributed by atoms with Crippen molar-refractivity contribution in [2.45, 2.75) is 19.8 Å². The molecule has 1 aliphatic heterocycles. The van der Waals surface area contributed by atoms with E-state index in [-0.39, 0.29) is 11.0 Å². The molecule has 1 saturated heterocycles. The van der Waals surface area contributed by atoms with Crippen molar-refractivity contribution in [3.8, 4) is 0 Å². The van der Waals surface area contributed by atoms with Crippen LogP contribution < -0.4 is 5.32 Å². The molecule has 19 heavy (non-hydrogen) atoms. The minimum atomic E-state index is -0.978. The summed E-state index contributed by atoms with van der Waals surface area (Å²) in [5, 5.41) is 12.3. The van der Waals surface area contributed by atoms with Crippen molar-refractivity contribution in [2.24, 2.45) is 5.41 Å². The Morgan fingerprint density at radius 2 is 2.26 bits per heavy atom. The number of pyridine rings is 1. The molecule has 0 spiro atoms. The van der Waals surface area contributed by atoms with Gasteiger partial charge >= 0.3 is 5.97 Å². The number of nitrogens with one attached hydrogen (secondary N) is 1. The number of carboxylic acids is 1. The summed E-state index contributed by atoms with van der Waals surface area (Å²) in [6, 6.07) is 1.56. The number of rotatable bonds is 4. The van der Waals surface area contributed by atoms with Gasteiger partial charge in [-0.1, -0.05) is 6.92 Å². The van der Waals surface area contributed by atoms with Gasteiger partial charge in [0.1, 0.15) is 11.4 Å². The number of carboxylic acid groups (broad SMARTS) is 1. The van der Waals surface area contributed by atoms with Crippen molar-refractivity contribution < 1.29 is 14.6 Å². The smallest absolute Gasteiger partial charge is 0.339 e. The number of halogens is 1. The summed E-state index contributed by atoms with van der Waals surface area (Å²) >= 11 is 3.23. The number of hydrogen-bond acceptors (Lipinski definition) is 4. The molecule has 0 bridgehead atoms. The number of aromatic carboxylic acids is 1. The Labute approximate surface area is 120 Å². The number of carbonyl (C=O) groups is 1. The summed E-state index contributed by atoms with van der Waals surface area (Å²) in [5.74, 6) is -0.558. The molecule has 0 saturated carbocycles. The van der Waals surface area contributed by atoms with Crippen molar-refractivity contribution in [3.63, 3.8) is 0 Å². The average Bonchev–Trinajstić information content (AvgIpc) is 2.38. The fourth-order valence-corrected chi connectivity index (χ4v) is 2.41. The van der Waals surface area contributed by atoms with Gasteiger partial charge in [0, 0.05) is 30.4 Å². The molecule has 6 heteroatoms.